The molecule has 1 aromatic carbocycles. The second kappa shape index (κ2) is 8.57. The lowest BCUT2D eigenvalue weighted by Crippen LogP contribution is -2.26. The number of rotatable bonds is 8. The predicted octanol–water partition coefficient (Wildman–Crippen LogP) is 0.924. The van der Waals surface area contributed by atoms with Crippen molar-refractivity contribution < 1.29 is 27.8 Å². The first-order valence-corrected chi connectivity index (χ1v) is 8.24. The molecule has 0 saturated carbocycles. The van der Waals surface area contributed by atoms with E-state index < -0.39 is 16.1 Å². The molecule has 3 N–H and O–H groups in total. The number of aliphatic hydroxyl groups is 1. The highest BCUT2D eigenvalue weighted by atomic mass is 32.2. The van der Waals surface area contributed by atoms with Gasteiger partial charge in [0.05, 0.1) is 30.4 Å². The van der Waals surface area contributed by atoms with Gasteiger partial charge in [-0.25, -0.2) is 17.9 Å². The highest BCUT2D eigenvalue weighted by molar-refractivity contribution is 7.89. The highest BCUT2D eigenvalue weighted by Gasteiger charge is 2.17. The van der Waals surface area contributed by atoms with Gasteiger partial charge in [0.15, 0.2) is 0 Å². The summed E-state index contributed by atoms with van der Waals surface area (Å²) < 4.78 is 36.4. The Morgan fingerprint density at radius 2 is 2.00 bits per heavy atom. The monoisotopic (exact) mass is 332 g/mol. The van der Waals surface area contributed by atoms with Gasteiger partial charge in [0, 0.05) is 6.54 Å². The van der Waals surface area contributed by atoms with Crippen molar-refractivity contribution >= 4 is 21.8 Å². The van der Waals surface area contributed by atoms with Crippen molar-refractivity contribution in [2.75, 3.05) is 31.7 Å². The zero-order valence-electron chi connectivity index (χ0n) is 12.5. The third-order valence-electron chi connectivity index (χ3n) is 2.48. The van der Waals surface area contributed by atoms with Crippen LogP contribution in [-0.2, 0) is 14.8 Å². The minimum Gasteiger partial charge on any atom is -0.492 e. The molecule has 0 atom stereocenters. The van der Waals surface area contributed by atoms with E-state index in [1.165, 1.54) is 18.2 Å². The molecule has 8 nitrogen and oxygen atoms in total. The predicted molar refractivity (Wildman–Crippen MR) is 80.5 cm³/mol. The fourth-order valence-corrected chi connectivity index (χ4v) is 2.64. The van der Waals surface area contributed by atoms with Gasteiger partial charge in [-0.2, -0.15) is 0 Å². The van der Waals surface area contributed by atoms with Gasteiger partial charge in [0.2, 0.25) is 10.0 Å². The van der Waals surface area contributed by atoms with Gasteiger partial charge >= 0.3 is 6.09 Å². The first-order chi connectivity index (χ1) is 10.4. The topological polar surface area (TPSA) is 114 Å². The molecule has 22 heavy (non-hydrogen) atoms. The third kappa shape index (κ3) is 5.17. The molecule has 0 fully saturated rings. The average molecular weight is 332 g/mol. The van der Waals surface area contributed by atoms with Crippen LogP contribution in [0, 0.1) is 0 Å². The lowest BCUT2D eigenvalue weighted by molar-refractivity contribution is 0.167. The van der Waals surface area contributed by atoms with Crippen LogP contribution in [0.1, 0.15) is 13.8 Å². The molecular weight excluding hydrogens is 312 g/mol. The highest BCUT2D eigenvalue weighted by Crippen LogP contribution is 2.28. The maximum atomic E-state index is 12.0. The van der Waals surface area contributed by atoms with Crippen LogP contribution >= 0.6 is 0 Å². The Morgan fingerprint density at radius 3 is 2.59 bits per heavy atom. The number of anilines is 1. The number of hydrogen-bond donors (Lipinski definition) is 3. The van der Waals surface area contributed by atoms with Crippen LogP contribution in [-0.4, -0.2) is 46.0 Å². The standard InChI is InChI=1S/C13H20N2O6S/c1-3-20-12-6-5-10(22(18,19)14-7-8-16)9-11(12)15-13(17)21-4-2/h5-6,9,14,16H,3-4,7-8H2,1-2H3,(H,15,17). The average Bonchev–Trinajstić information content (AvgIpc) is 2.47. The number of carbonyl (C=O) groups is 1. The van der Waals surface area contributed by atoms with E-state index >= 15 is 0 Å². The first kappa shape index (κ1) is 18.2. The number of hydrogen-bond acceptors (Lipinski definition) is 6. The molecule has 0 aliphatic rings. The summed E-state index contributed by atoms with van der Waals surface area (Å²) in [5.74, 6) is 0.330. The Kier molecular flexibility index (Phi) is 7.09. The van der Waals surface area contributed by atoms with E-state index in [0.717, 1.165) is 0 Å². The van der Waals surface area contributed by atoms with Gasteiger partial charge in [-0.05, 0) is 32.0 Å². The molecule has 0 saturated heterocycles. The number of nitrogens with one attached hydrogen (secondary N) is 2. The summed E-state index contributed by atoms with van der Waals surface area (Å²) in [5, 5.41) is 11.1. The number of carbonyl (C=O) groups excluding carboxylic acids is 1. The smallest absolute Gasteiger partial charge is 0.411 e. The first-order valence-electron chi connectivity index (χ1n) is 6.75. The van der Waals surface area contributed by atoms with Crippen molar-refractivity contribution in [3.8, 4) is 5.75 Å². The van der Waals surface area contributed by atoms with Gasteiger partial charge in [-0.1, -0.05) is 0 Å². The van der Waals surface area contributed by atoms with Crippen molar-refractivity contribution in [3.63, 3.8) is 0 Å². The molecular formula is C13H20N2O6S. The molecule has 0 spiro atoms. The van der Waals surface area contributed by atoms with E-state index in [4.69, 9.17) is 14.6 Å². The van der Waals surface area contributed by atoms with E-state index in [1.54, 1.807) is 13.8 Å². The second-order valence-electron chi connectivity index (χ2n) is 4.06. The van der Waals surface area contributed by atoms with Crippen LogP contribution in [0.2, 0.25) is 0 Å². The molecule has 1 aromatic rings. The molecule has 0 aromatic heterocycles. The Labute approximate surface area is 129 Å². The van der Waals surface area contributed by atoms with Gasteiger partial charge in [-0.3, -0.25) is 5.32 Å². The molecule has 0 unspecified atom stereocenters. The Hall–Kier alpha value is -1.84. The lowest BCUT2D eigenvalue weighted by Gasteiger charge is -2.13. The molecule has 9 heteroatoms. The summed E-state index contributed by atoms with van der Waals surface area (Å²) in [5.41, 5.74) is 0.187. The fraction of sp³-hybridized carbons (Fsp3) is 0.462. The van der Waals surface area contributed by atoms with E-state index in [2.05, 4.69) is 10.0 Å². The largest absolute Gasteiger partial charge is 0.492 e. The van der Waals surface area contributed by atoms with E-state index in [1.807, 2.05) is 0 Å². The summed E-state index contributed by atoms with van der Waals surface area (Å²) in [7, 11) is -3.78. The second-order valence-corrected chi connectivity index (χ2v) is 5.82. The van der Waals surface area contributed by atoms with E-state index in [9.17, 15) is 13.2 Å². The van der Waals surface area contributed by atoms with Crippen LogP contribution in [0.4, 0.5) is 10.5 Å². The number of ether oxygens (including phenoxy) is 2. The summed E-state index contributed by atoms with van der Waals surface area (Å²) in [4.78, 5) is 11.5. The molecule has 0 radical (unpaired) electrons. The summed E-state index contributed by atoms with van der Waals surface area (Å²) in [6.45, 7) is 3.54. The summed E-state index contributed by atoms with van der Waals surface area (Å²) in [6.07, 6.45) is -0.707. The van der Waals surface area contributed by atoms with Crippen molar-refractivity contribution in [2.24, 2.45) is 0 Å². The van der Waals surface area contributed by atoms with E-state index in [0.29, 0.717) is 12.4 Å². The Balaban J connectivity index is 3.10. The summed E-state index contributed by atoms with van der Waals surface area (Å²) >= 11 is 0. The quantitative estimate of drug-likeness (QED) is 0.652. The van der Waals surface area contributed by atoms with Crippen LogP contribution in [0.15, 0.2) is 23.1 Å². The number of benzene rings is 1. The van der Waals surface area contributed by atoms with Crippen molar-refractivity contribution in [2.45, 2.75) is 18.7 Å². The van der Waals surface area contributed by atoms with Crippen LogP contribution in [0.5, 0.6) is 5.75 Å². The summed E-state index contributed by atoms with van der Waals surface area (Å²) in [6, 6.07) is 4.06. The normalized spacial score (nSPS) is 11.0. The van der Waals surface area contributed by atoms with Gasteiger partial charge in [0.1, 0.15) is 5.75 Å². The van der Waals surface area contributed by atoms with E-state index in [-0.39, 0.29) is 30.3 Å². The number of amides is 1. The van der Waals surface area contributed by atoms with Crippen molar-refractivity contribution in [1.29, 1.82) is 0 Å². The van der Waals surface area contributed by atoms with Crippen LogP contribution in [0.3, 0.4) is 0 Å². The molecule has 1 rings (SSSR count). The van der Waals surface area contributed by atoms with Crippen LogP contribution in [0.25, 0.3) is 0 Å². The maximum Gasteiger partial charge on any atom is 0.411 e. The van der Waals surface area contributed by atoms with Crippen molar-refractivity contribution in [1.82, 2.24) is 4.72 Å². The van der Waals surface area contributed by atoms with Crippen molar-refractivity contribution in [3.05, 3.63) is 18.2 Å². The molecule has 0 aliphatic carbocycles. The molecule has 1 amide bonds. The minimum atomic E-state index is -3.78. The zero-order chi connectivity index (χ0) is 16.6. The fourth-order valence-electron chi connectivity index (χ4n) is 1.60. The minimum absolute atomic E-state index is 0.0591. The number of sulfonamides is 1. The Bertz CT molecular complexity index is 603. The Morgan fingerprint density at radius 1 is 1.27 bits per heavy atom. The lowest BCUT2D eigenvalue weighted by atomic mass is 10.3. The van der Waals surface area contributed by atoms with Gasteiger partial charge < -0.3 is 14.6 Å². The number of aliphatic hydroxyl groups excluding tert-OH is 1. The van der Waals surface area contributed by atoms with Gasteiger partial charge in [0.25, 0.3) is 0 Å². The molecule has 124 valence electrons. The SMILES string of the molecule is CCOC(=O)Nc1cc(S(=O)(=O)NCCO)ccc1OCC. The third-order valence-corrected chi connectivity index (χ3v) is 3.94. The van der Waals surface area contributed by atoms with Gasteiger partial charge in [-0.15, -0.1) is 0 Å². The zero-order valence-corrected chi connectivity index (χ0v) is 13.3. The maximum absolute atomic E-state index is 12.0. The van der Waals surface area contributed by atoms with Crippen LogP contribution < -0.4 is 14.8 Å². The molecule has 0 bridgehead atoms. The molecule has 0 heterocycles. The molecule has 0 aliphatic heterocycles.